The van der Waals surface area contributed by atoms with Crippen molar-refractivity contribution in [2.75, 3.05) is 0 Å². The van der Waals surface area contributed by atoms with Gasteiger partial charge in [-0.3, -0.25) is 4.79 Å². The highest BCUT2D eigenvalue weighted by molar-refractivity contribution is 7.99. The van der Waals surface area contributed by atoms with E-state index in [1.807, 2.05) is 6.07 Å². The van der Waals surface area contributed by atoms with E-state index in [0.717, 1.165) is 18.4 Å². The number of nitrogens with two attached hydrogens (primary N) is 1. The summed E-state index contributed by atoms with van der Waals surface area (Å²) < 4.78 is 0. The molecule has 1 fully saturated rings. The first-order valence-corrected chi connectivity index (χ1v) is 7.86. The van der Waals surface area contributed by atoms with Crippen LogP contribution in [0.5, 0.6) is 0 Å². The summed E-state index contributed by atoms with van der Waals surface area (Å²) in [5, 5.41) is 8.81. The molecule has 1 amide bonds. The predicted molar refractivity (Wildman–Crippen MR) is 79.6 cm³/mol. The summed E-state index contributed by atoms with van der Waals surface area (Å²) in [5.41, 5.74) is 6.70. The molecule has 0 heterocycles. The Hall–Kier alpha value is -1.49. The second kappa shape index (κ2) is 6.79. The monoisotopic (exact) mass is 293 g/mol. The SMILES string of the molecule is NC(=O)C(SCc1cccc(C(=O)O)c1)C1CCCC1. The standard InChI is InChI=1S/C15H19NO3S/c16-14(17)13(11-5-1-2-6-11)20-9-10-4-3-7-12(8-10)15(18)19/h3-4,7-8,11,13H,1-2,5-6,9H2,(H2,16,17)(H,18,19). The van der Waals surface area contributed by atoms with Gasteiger partial charge in [0.2, 0.25) is 5.91 Å². The number of carbonyl (C=O) groups is 2. The van der Waals surface area contributed by atoms with Crippen LogP contribution in [0.1, 0.15) is 41.6 Å². The van der Waals surface area contributed by atoms with Crippen LogP contribution in [-0.2, 0) is 10.5 Å². The molecular formula is C15H19NO3S. The molecule has 2 rings (SSSR count). The quantitative estimate of drug-likeness (QED) is 0.845. The molecule has 20 heavy (non-hydrogen) atoms. The third-order valence-corrected chi connectivity index (χ3v) is 5.19. The topological polar surface area (TPSA) is 80.4 Å². The number of carboxylic acids is 1. The van der Waals surface area contributed by atoms with E-state index in [2.05, 4.69) is 0 Å². The second-order valence-corrected chi connectivity index (χ2v) is 6.31. The minimum atomic E-state index is -0.931. The van der Waals surface area contributed by atoms with Gasteiger partial charge in [-0.2, -0.15) is 0 Å². The lowest BCUT2D eigenvalue weighted by Gasteiger charge is -2.19. The van der Waals surface area contributed by atoms with Crippen molar-refractivity contribution >= 4 is 23.6 Å². The molecule has 0 aromatic heterocycles. The zero-order valence-corrected chi connectivity index (χ0v) is 12.1. The van der Waals surface area contributed by atoms with Crippen LogP contribution in [-0.4, -0.2) is 22.2 Å². The first-order chi connectivity index (χ1) is 9.58. The van der Waals surface area contributed by atoms with E-state index in [1.54, 1.807) is 18.2 Å². The van der Waals surface area contributed by atoms with Gasteiger partial charge in [-0.1, -0.05) is 25.0 Å². The molecule has 5 heteroatoms. The minimum absolute atomic E-state index is 0.161. The van der Waals surface area contributed by atoms with Crippen molar-refractivity contribution in [2.24, 2.45) is 11.7 Å². The number of hydrogen-bond donors (Lipinski definition) is 2. The number of carbonyl (C=O) groups excluding carboxylic acids is 1. The predicted octanol–water partition coefficient (Wildman–Crippen LogP) is 2.66. The summed E-state index contributed by atoms with van der Waals surface area (Å²) in [6.45, 7) is 0. The van der Waals surface area contributed by atoms with Crippen molar-refractivity contribution in [1.82, 2.24) is 0 Å². The highest BCUT2D eigenvalue weighted by Crippen LogP contribution is 2.35. The van der Waals surface area contributed by atoms with E-state index >= 15 is 0 Å². The van der Waals surface area contributed by atoms with Gasteiger partial charge in [0.1, 0.15) is 0 Å². The summed E-state index contributed by atoms with van der Waals surface area (Å²) in [7, 11) is 0. The van der Waals surface area contributed by atoms with E-state index in [0.29, 0.717) is 11.7 Å². The summed E-state index contributed by atoms with van der Waals surface area (Å²) in [6, 6.07) is 6.83. The molecule has 1 atom stereocenters. The van der Waals surface area contributed by atoms with Gasteiger partial charge in [0.05, 0.1) is 10.8 Å². The molecule has 1 saturated carbocycles. The summed E-state index contributed by atoms with van der Waals surface area (Å²) in [5.74, 6) is -0.193. The van der Waals surface area contributed by atoms with Crippen LogP contribution in [0, 0.1) is 5.92 Å². The van der Waals surface area contributed by atoms with Crippen LogP contribution in [0.4, 0.5) is 0 Å². The first kappa shape index (κ1) is 14.9. The molecule has 3 N–H and O–H groups in total. The molecule has 0 saturated heterocycles. The average molecular weight is 293 g/mol. The molecule has 1 unspecified atom stereocenters. The third kappa shape index (κ3) is 3.76. The van der Waals surface area contributed by atoms with Gasteiger partial charge in [0, 0.05) is 5.75 Å². The first-order valence-electron chi connectivity index (χ1n) is 6.81. The van der Waals surface area contributed by atoms with E-state index in [4.69, 9.17) is 10.8 Å². The number of primary amides is 1. The van der Waals surface area contributed by atoms with E-state index in [9.17, 15) is 9.59 Å². The number of carboxylic acid groups (broad SMARTS) is 1. The number of rotatable bonds is 6. The highest BCUT2D eigenvalue weighted by atomic mass is 32.2. The molecule has 1 aliphatic rings. The molecule has 1 aliphatic carbocycles. The van der Waals surface area contributed by atoms with Crippen LogP contribution in [0.2, 0.25) is 0 Å². The van der Waals surface area contributed by atoms with Crippen molar-refractivity contribution in [2.45, 2.75) is 36.7 Å². The van der Waals surface area contributed by atoms with Crippen molar-refractivity contribution in [3.8, 4) is 0 Å². The van der Waals surface area contributed by atoms with Crippen molar-refractivity contribution in [3.05, 3.63) is 35.4 Å². The Balaban J connectivity index is 2.00. The number of amides is 1. The van der Waals surface area contributed by atoms with Crippen LogP contribution in [0.15, 0.2) is 24.3 Å². The fraction of sp³-hybridized carbons (Fsp3) is 0.467. The molecule has 0 aliphatic heterocycles. The van der Waals surface area contributed by atoms with Crippen molar-refractivity contribution in [1.29, 1.82) is 0 Å². The van der Waals surface area contributed by atoms with Crippen molar-refractivity contribution < 1.29 is 14.7 Å². The Bertz CT molecular complexity index is 498. The Morgan fingerprint density at radius 1 is 1.35 bits per heavy atom. The fourth-order valence-electron chi connectivity index (χ4n) is 2.69. The fourth-order valence-corrected chi connectivity index (χ4v) is 3.95. The molecule has 0 radical (unpaired) electrons. The Morgan fingerprint density at radius 2 is 2.05 bits per heavy atom. The molecule has 0 spiro atoms. The number of aromatic carboxylic acids is 1. The van der Waals surface area contributed by atoms with E-state index in [-0.39, 0.29) is 16.7 Å². The minimum Gasteiger partial charge on any atom is -0.478 e. The van der Waals surface area contributed by atoms with Crippen LogP contribution in [0.25, 0.3) is 0 Å². The summed E-state index contributed by atoms with van der Waals surface area (Å²) in [4.78, 5) is 22.5. The summed E-state index contributed by atoms with van der Waals surface area (Å²) >= 11 is 1.53. The lowest BCUT2D eigenvalue weighted by atomic mass is 10.0. The Labute approximate surface area is 122 Å². The van der Waals surface area contributed by atoms with Crippen LogP contribution < -0.4 is 5.73 Å². The maximum atomic E-state index is 11.6. The van der Waals surface area contributed by atoms with Crippen molar-refractivity contribution in [3.63, 3.8) is 0 Å². The van der Waals surface area contributed by atoms with Gasteiger partial charge in [0.15, 0.2) is 0 Å². The zero-order valence-electron chi connectivity index (χ0n) is 11.2. The van der Waals surface area contributed by atoms with E-state index in [1.165, 1.54) is 24.6 Å². The van der Waals surface area contributed by atoms with Gasteiger partial charge in [0.25, 0.3) is 0 Å². The van der Waals surface area contributed by atoms with Crippen LogP contribution >= 0.6 is 11.8 Å². The normalized spacial score (nSPS) is 17.0. The lowest BCUT2D eigenvalue weighted by Crippen LogP contribution is -2.31. The highest BCUT2D eigenvalue weighted by Gasteiger charge is 2.29. The second-order valence-electron chi connectivity index (χ2n) is 5.18. The molecule has 1 aromatic rings. The number of thioether (sulfide) groups is 1. The third-order valence-electron chi connectivity index (χ3n) is 3.71. The molecule has 4 nitrogen and oxygen atoms in total. The maximum absolute atomic E-state index is 11.6. The number of benzene rings is 1. The lowest BCUT2D eigenvalue weighted by molar-refractivity contribution is -0.118. The maximum Gasteiger partial charge on any atom is 0.335 e. The van der Waals surface area contributed by atoms with Gasteiger partial charge < -0.3 is 10.8 Å². The smallest absolute Gasteiger partial charge is 0.335 e. The molecular weight excluding hydrogens is 274 g/mol. The molecule has 108 valence electrons. The summed E-state index contributed by atoms with van der Waals surface area (Å²) in [6.07, 6.45) is 4.47. The van der Waals surface area contributed by atoms with Gasteiger partial charge >= 0.3 is 5.97 Å². The Kier molecular flexibility index (Phi) is 5.06. The van der Waals surface area contributed by atoms with Gasteiger partial charge in [-0.05, 0) is 36.5 Å². The number of hydrogen-bond acceptors (Lipinski definition) is 3. The van der Waals surface area contributed by atoms with Gasteiger partial charge in [-0.15, -0.1) is 11.8 Å². The van der Waals surface area contributed by atoms with Gasteiger partial charge in [-0.25, -0.2) is 4.79 Å². The van der Waals surface area contributed by atoms with Crippen LogP contribution in [0.3, 0.4) is 0 Å². The average Bonchev–Trinajstić information content (AvgIpc) is 2.93. The van der Waals surface area contributed by atoms with E-state index < -0.39 is 5.97 Å². The largest absolute Gasteiger partial charge is 0.478 e. The molecule has 0 bridgehead atoms. The Morgan fingerprint density at radius 3 is 2.65 bits per heavy atom. The zero-order chi connectivity index (χ0) is 14.5. The molecule has 1 aromatic carbocycles.